The minimum absolute atomic E-state index is 0.0248. The zero-order valence-electron chi connectivity index (χ0n) is 7.73. The van der Waals surface area contributed by atoms with E-state index in [9.17, 15) is 9.59 Å². The van der Waals surface area contributed by atoms with Crippen LogP contribution in [0.1, 0.15) is 10.4 Å². The highest BCUT2D eigenvalue weighted by Gasteiger charge is 2.08. The monoisotopic (exact) mass is 210 g/mol. The molecule has 1 amide bonds. The van der Waals surface area contributed by atoms with Gasteiger partial charge in [0.25, 0.3) is 5.91 Å². The van der Waals surface area contributed by atoms with Gasteiger partial charge in [-0.2, -0.15) is 0 Å². The van der Waals surface area contributed by atoms with Crippen LogP contribution in [0.15, 0.2) is 28.4 Å². The quantitative estimate of drug-likeness (QED) is 0.218. The molecule has 0 saturated carbocycles. The van der Waals surface area contributed by atoms with E-state index in [1.165, 1.54) is 18.5 Å². The van der Waals surface area contributed by atoms with Crippen molar-refractivity contribution in [3.05, 3.63) is 34.2 Å². The fraction of sp³-hybridized carbons (Fsp3) is 0.125. The predicted octanol–water partition coefficient (Wildman–Crippen LogP) is -1.15. The molecule has 0 radical (unpaired) electrons. The van der Waals surface area contributed by atoms with Gasteiger partial charge in [-0.25, -0.2) is 0 Å². The zero-order chi connectivity index (χ0) is 11.3. The topological polar surface area (TPSA) is 121 Å². The van der Waals surface area contributed by atoms with E-state index in [0.717, 1.165) is 0 Å². The first-order valence-electron chi connectivity index (χ1n) is 4.07. The number of carbonyl (C=O) groups is 1. The number of hydrogen-bond acceptors (Lipinski definition) is 4. The molecule has 0 spiro atoms. The summed E-state index contributed by atoms with van der Waals surface area (Å²) in [5, 5.41) is 13.2. The summed E-state index contributed by atoms with van der Waals surface area (Å²) in [7, 11) is 0. The van der Waals surface area contributed by atoms with Gasteiger partial charge in [-0.3, -0.25) is 9.59 Å². The SMILES string of the molecule is N/C(CNC(=O)c1c[nH]ccc1=O)=N/O. The van der Waals surface area contributed by atoms with Crippen LogP contribution in [0.25, 0.3) is 0 Å². The highest BCUT2D eigenvalue weighted by Crippen LogP contribution is 1.86. The van der Waals surface area contributed by atoms with Crippen LogP contribution in [0.5, 0.6) is 0 Å². The third kappa shape index (κ3) is 2.83. The third-order valence-electron chi connectivity index (χ3n) is 1.63. The Kier molecular flexibility index (Phi) is 3.44. The van der Waals surface area contributed by atoms with Crippen molar-refractivity contribution in [3.63, 3.8) is 0 Å². The smallest absolute Gasteiger partial charge is 0.257 e. The number of amides is 1. The number of rotatable bonds is 3. The van der Waals surface area contributed by atoms with Gasteiger partial charge in [-0.05, 0) is 0 Å². The van der Waals surface area contributed by atoms with Gasteiger partial charge < -0.3 is 21.2 Å². The van der Waals surface area contributed by atoms with Gasteiger partial charge in [0, 0.05) is 18.5 Å². The largest absolute Gasteiger partial charge is 0.409 e. The molecule has 0 atom stereocenters. The predicted molar refractivity (Wildman–Crippen MR) is 52.8 cm³/mol. The summed E-state index contributed by atoms with van der Waals surface area (Å²) in [6, 6.07) is 1.23. The van der Waals surface area contributed by atoms with Crippen LogP contribution in [0.4, 0.5) is 0 Å². The summed E-state index contributed by atoms with van der Waals surface area (Å²) in [5.41, 5.74) is 4.71. The number of amidine groups is 1. The van der Waals surface area contributed by atoms with Crippen LogP contribution in [0.3, 0.4) is 0 Å². The molecule has 0 aromatic carbocycles. The normalized spacial score (nSPS) is 11.1. The molecule has 0 bridgehead atoms. The van der Waals surface area contributed by atoms with Crippen molar-refractivity contribution in [2.45, 2.75) is 0 Å². The fourth-order valence-electron chi connectivity index (χ4n) is 0.895. The Morgan fingerprint density at radius 1 is 1.67 bits per heavy atom. The molecule has 0 saturated heterocycles. The number of nitrogens with two attached hydrogens (primary N) is 1. The van der Waals surface area contributed by atoms with Gasteiger partial charge in [0.2, 0.25) is 0 Å². The molecule has 0 aliphatic carbocycles. The van der Waals surface area contributed by atoms with Crippen LogP contribution in [-0.4, -0.2) is 28.5 Å². The first kappa shape index (κ1) is 10.8. The van der Waals surface area contributed by atoms with Crippen molar-refractivity contribution in [1.82, 2.24) is 10.3 Å². The van der Waals surface area contributed by atoms with E-state index in [1.807, 2.05) is 0 Å². The maximum atomic E-state index is 11.4. The molecule has 1 rings (SSSR count). The number of H-pyrrole nitrogens is 1. The van der Waals surface area contributed by atoms with Gasteiger partial charge in [0.05, 0.1) is 6.54 Å². The zero-order valence-corrected chi connectivity index (χ0v) is 7.73. The van der Waals surface area contributed by atoms with E-state index in [2.05, 4.69) is 15.5 Å². The van der Waals surface area contributed by atoms with E-state index in [4.69, 9.17) is 10.9 Å². The average Bonchev–Trinajstić information content (AvgIpc) is 2.26. The average molecular weight is 210 g/mol. The molecule has 7 heteroatoms. The van der Waals surface area contributed by atoms with E-state index in [1.54, 1.807) is 0 Å². The van der Waals surface area contributed by atoms with Gasteiger partial charge >= 0.3 is 0 Å². The van der Waals surface area contributed by atoms with E-state index >= 15 is 0 Å². The highest BCUT2D eigenvalue weighted by molar-refractivity contribution is 5.96. The Hall–Kier alpha value is -2.31. The number of hydrogen-bond donors (Lipinski definition) is 4. The molecule has 1 heterocycles. The van der Waals surface area contributed by atoms with Gasteiger partial charge in [-0.1, -0.05) is 5.16 Å². The summed E-state index contributed by atoms with van der Waals surface area (Å²) in [6.07, 6.45) is 2.70. The summed E-state index contributed by atoms with van der Waals surface area (Å²) < 4.78 is 0. The number of pyridine rings is 1. The summed E-state index contributed by atoms with van der Waals surface area (Å²) >= 11 is 0. The number of carbonyl (C=O) groups excluding carboxylic acids is 1. The van der Waals surface area contributed by atoms with E-state index in [0.29, 0.717) is 0 Å². The molecule has 1 aromatic rings. The molecule has 1 aromatic heterocycles. The van der Waals surface area contributed by atoms with E-state index < -0.39 is 11.3 Å². The van der Waals surface area contributed by atoms with Gasteiger partial charge in [-0.15, -0.1) is 0 Å². The van der Waals surface area contributed by atoms with Crippen LogP contribution < -0.4 is 16.5 Å². The number of nitrogens with one attached hydrogen (secondary N) is 2. The van der Waals surface area contributed by atoms with Crippen molar-refractivity contribution < 1.29 is 10.0 Å². The number of nitrogens with zero attached hydrogens (tertiary/aromatic N) is 1. The maximum absolute atomic E-state index is 11.4. The van der Waals surface area contributed by atoms with Crippen molar-refractivity contribution in [2.75, 3.05) is 6.54 Å². The fourth-order valence-corrected chi connectivity index (χ4v) is 0.895. The lowest BCUT2D eigenvalue weighted by atomic mass is 10.2. The molecule has 5 N–H and O–H groups in total. The Morgan fingerprint density at radius 2 is 2.40 bits per heavy atom. The lowest BCUT2D eigenvalue weighted by molar-refractivity contribution is 0.0957. The minimum Gasteiger partial charge on any atom is -0.409 e. The lowest BCUT2D eigenvalue weighted by Crippen LogP contribution is -2.35. The lowest BCUT2D eigenvalue weighted by Gasteiger charge is -2.02. The van der Waals surface area contributed by atoms with Crippen LogP contribution in [0.2, 0.25) is 0 Å². The number of oxime groups is 1. The Bertz CT molecular complexity index is 438. The maximum Gasteiger partial charge on any atom is 0.257 e. The first-order chi connectivity index (χ1) is 7.15. The standard InChI is InChI=1S/C8H10N4O3/c9-7(12-15)4-11-8(14)5-3-10-2-1-6(5)13/h1-3,15H,4H2,(H2,9,12)(H,10,13)(H,11,14). The van der Waals surface area contributed by atoms with Crippen LogP contribution in [0, 0.1) is 0 Å². The Labute approximate surface area is 84.6 Å². The van der Waals surface area contributed by atoms with Crippen molar-refractivity contribution in [1.29, 1.82) is 0 Å². The molecule has 0 aliphatic heterocycles. The third-order valence-corrected chi connectivity index (χ3v) is 1.63. The Balaban J connectivity index is 2.71. The van der Waals surface area contributed by atoms with Crippen molar-refractivity contribution >= 4 is 11.7 Å². The Morgan fingerprint density at radius 3 is 3.00 bits per heavy atom. The number of aromatic nitrogens is 1. The second-order valence-corrected chi connectivity index (χ2v) is 2.70. The van der Waals surface area contributed by atoms with E-state index in [-0.39, 0.29) is 17.9 Å². The summed E-state index contributed by atoms with van der Waals surface area (Å²) in [5.74, 6) is -0.723. The molecular formula is C8H10N4O3. The molecule has 15 heavy (non-hydrogen) atoms. The molecule has 0 fully saturated rings. The van der Waals surface area contributed by atoms with Crippen LogP contribution in [-0.2, 0) is 0 Å². The molecule has 0 unspecified atom stereocenters. The number of aromatic amines is 1. The van der Waals surface area contributed by atoms with Gasteiger partial charge in [0.15, 0.2) is 11.3 Å². The summed E-state index contributed by atoms with van der Waals surface area (Å²) in [6.45, 7) is -0.121. The molecule has 0 aliphatic rings. The molecular weight excluding hydrogens is 200 g/mol. The first-order valence-corrected chi connectivity index (χ1v) is 4.07. The highest BCUT2D eigenvalue weighted by atomic mass is 16.4. The molecule has 7 nitrogen and oxygen atoms in total. The second kappa shape index (κ2) is 4.80. The second-order valence-electron chi connectivity index (χ2n) is 2.70. The van der Waals surface area contributed by atoms with Gasteiger partial charge in [0.1, 0.15) is 5.56 Å². The van der Waals surface area contributed by atoms with Crippen molar-refractivity contribution in [3.8, 4) is 0 Å². The minimum atomic E-state index is -0.580. The molecule has 80 valence electrons. The summed E-state index contributed by atoms with van der Waals surface area (Å²) in [4.78, 5) is 25.2. The van der Waals surface area contributed by atoms with Crippen molar-refractivity contribution in [2.24, 2.45) is 10.9 Å². The van der Waals surface area contributed by atoms with Crippen LogP contribution >= 0.6 is 0 Å².